The summed E-state index contributed by atoms with van der Waals surface area (Å²) in [6.07, 6.45) is 1.09. The number of carboxylic acids is 1. The number of nitrogens with zero attached hydrogens (tertiary/aromatic N) is 1. The van der Waals surface area contributed by atoms with Gasteiger partial charge in [0.15, 0.2) is 0 Å². The molecule has 2 aliphatic rings. The lowest BCUT2D eigenvalue weighted by molar-refractivity contribution is -0.149. The zero-order chi connectivity index (χ0) is 24.5. The Morgan fingerprint density at radius 3 is 2.29 bits per heavy atom. The van der Waals surface area contributed by atoms with Crippen LogP contribution in [0.4, 0.5) is 4.79 Å². The average Bonchev–Trinajstić information content (AvgIpc) is 3.32. The molecule has 2 aromatic carbocycles. The van der Waals surface area contributed by atoms with Crippen molar-refractivity contribution in [1.82, 2.24) is 10.2 Å². The van der Waals surface area contributed by atoms with E-state index in [9.17, 15) is 19.5 Å². The Kier molecular flexibility index (Phi) is 6.46. The monoisotopic (exact) mass is 462 g/mol. The topological polar surface area (TPSA) is 95.9 Å². The normalized spacial score (nSPS) is 21.9. The van der Waals surface area contributed by atoms with Crippen LogP contribution in [0.2, 0.25) is 0 Å². The van der Waals surface area contributed by atoms with Crippen LogP contribution in [0.15, 0.2) is 61.2 Å². The van der Waals surface area contributed by atoms with Gasteiger partial charge in [0.25, 0.3) is 0 Å². The van der Waals surface area contributed by atoms with Gasteiger partial charge in [-0.2, -0.15) is 0 Å². The van der Waals surface area contributed by atoms with E-state index in [1.807, 2.05) is 43.3 Å². The van der Waals surface area contributed by atoms with E-state index in [1.165, 1.54) is 4.90 Å². The molecule has 1 aliphatic heterocycles. The molecule has 1 heterocycles. The Balaban J connectivity index is 1.42. The molecule has 0 bridgehead atoms. The number of amides is 2. The average molecular weight is 463 g/mol. The highest BCUT2D eigenvalue weighted by Gasteiger charge is 2.48. The van der Waals surface area contributed by atoms with Crippen LogP contribution in [0.25, 0.3) is 11.1 Å². The molecular weight excluding hydrogens is 432 g/mol. The number of likely N-dealkylation sites (tertiary alicyclic amines) is 1. The van der Waals surface area contributed by atoms with E-state index in [0.717, 1.165) is 22.3 Å². The summed E-state index contributed by atoms with van der Waals surface area (Å²) in [4.78, 5) is 39.1. The van der Waals surface area contributed by atoms with Gasteiger partial charge in [-0.3, -0.25) is 9.59 Å². The van der Waals surface area contributed by atoms with Crippen LogP contribution in [0, 0.1) is 11.3 Å². The highest BCUT2D eigenvalue weighted by molar-refractivity contribution is 5.87. The Morgan fingerprint density at radius 1 is 1.18 bits per heavy atom. The number of alkyl carbamates (subject to hydrolysis) is 1. The van der Waals surface area contributed by atoms with Crippen molar-refractivity contribution < 1.29 is 24.2 Å². The predicted octanol–water partition coefficient (Wildman–Crippen LogP) is 4.04. The molecule has 1 saturated heterocycles. The van der Waals surface area contributed by atoms with Crippen LogP contribution in [0.3, 0.4) is 0 Å². The maximum atomic E-state index is 13.1. The summed E-state index contributed by atoms with van der Waals surface area (Å²) in [7, 11) is 0. The van der Waals surface area contributed by atoms with Gasteiger partial charge in [0, 0.05) is 19.0 Å². The van der Waals surface area contributed by atoms with Crippen LogP contribution in [0.5, 0.6) is 0 Å². The molecule has 7 nitrogen and oxygen atoms in total. The summed E-state index contributed by atoms with van der Waals surface area (Å²) in [5.41, 5.74) is 3.47. The first-order valence-electron chi connectivity index (χ1n) is 11.5. The summed E-state index contributed by atoms with van der Waals surface area (Å²) in [6, 6.07) is 15.3. The van der Waals surface area contributed by atoms with E-state index in [0.29, 0.717) is 6.54 Å². The third-order valence-electron chi connectivity index (χ3n) is 7.24. The number of aliphatic carboxylic acids is 1. The number of carbonyl (C=O) groups excluding carboxylic acids is 2. The van der Waals surface area contributed by atoms with Gasteiger partial charge in [-0.15, -0.1) is 6.58 Å². The Morgan fingerprint density at radius 2 is 1.76 bits per heavy atom. The van der Waals surface area contributed by atoms with E-state index < -0.39 is 23.5 Å². The molecule has 34 heavy (non-hydrogen) atoms. The number of carboxylic acid groups (broad SMARTS) is 1. The van der Waals surface area contributed by atoms with Crippen LogP contribution in [-0.2, 0) is 14.3 Å². The van der Waals surface area contributed by atoms with Crippen LogP contribution in [-0.4, -0.2) is 53.7 Å². The number of nitrogens with one attached hydrogen (secondary N) is 1. The van der Waals surface area contributed by atoms with Crippen molar-refractivity contribution in [1.29, 1.82) is 0 Å². The fraction of sp³-hybridized carbons (Fsp3) is 0.370. The first-order valence-corrected chi connectivity index (χ1v) is 11.5. The first kappa shape index (κ1) is 23.5. The van der Waals surface area contributed by atoms with Gasteiger partial charge in [0.2, 0.25) is 5.91 Å². The lowest BCUT2D eigenvalue weighted by Crippen LogP contribution is -2.48. The number of fused-ring (bicyclic) bond motifs is 3. The summed E-state index contributed by atoms with van der Waals surface area (Å²) < 4.78 is 5.58. The van der Waals surface area contributed by atoms with Crippen LogP contribution in [0.1, 0.15) is 37.3 Å². The molecule has 1 aliphatic carbocycles. The Labute approximate surface area is 199 Å². The highest BCUT2D eigenvalue weighted by atomic mass is 16.5. The van der Waals surface area contributed by atoms with Gasteiger partial charge in [-0.25, -0.2) is 4.79 Å². The minimum absolute atomic E-state index is 0.0811. The molecule has 2 amide bonds. The molecule has 0 radical (unpaired) electrons. The fourth-order valence-electron chi connectivity index (χ4n) is 4.99. The zero-order valence-corrected chi connectivity index (χ0v) is 19.5. The fourth-order valence-corrected chi connectivity index (χ4v) is 4.99. The number of benzene rings is 2. The molecule has 2 N–H and O–H groups in total. The summed E-state index contributed by atoms with van der Waals surface area (Å²) in [5, 5.41) is 12.3. The minimum Gasteiger partial charge on any atom is -0.481 e. The van der Waals surface area contributed by atoms with Crippen molar-refractivity contribution in [3.05, 3.63) is 72.3 Å². The number of carbonyl (C=O) groups is 3. The zero-order valence-electron chi connectivity index (χ0n) is 19.5. The second-order valence-electron chi connectivity index (χ2n) is 9.39. The van der Waals surface area contributed by atoms with Crippen molar-refractivity contribution in [3.63, 3.8) is 0 Å². The lowest BCUT2D eigenvalue weighted by atomic mass is 9.81. The van der Waals surface area contributed by atoms with Crippen molar-refractivity contribution >= 4 is 18.0 Å². The molecule has 2 aromatic rings. The SMILES string of the molecule is C=CCC(NC(=O)OCC1c2ccccc2-c2ccccc21)C(=O)N1C[C@@H](C)[C@](C)(C(=O)O)C1. The molecule has 3 atom stereocenters. The van der Waals surface area contributed by atoms with Crippen LogP contribution < -0.4 is 5.32 Å². The van der Waals surface area contributed by atoms with Crippen molar-refractivity contribution in [2.45, 2.75) is 32.2 Å². The van der Waals surface area contributed by atoms with Gasteiger partial charge >= 0.3 is 12.1 Å². The lowest BCUT2D eigenvalue weighted by Gasteiger charge is -2.25. The number of rotatable bonds is 7. The van der Waals surface area contributed by atoms with E-state index >= 15 is 0 Å². The van der Waals surface area contributed by atoms with Gasteiger partial charge in [0.1, 0.15) is 12.6 Å². The largest absolute Gasteiger partial charge is 0.481 e. The van der Waals surface area contributed by atoms with Gasteiger partial charge in [0.05, 0.1) is 5.41 Å². The summed E-state index contributed by atoms with van der Waals surface area (Å²) in [6.45, 7) is 7.73. The summed E-state index contributed by atoms with van der Waals surface area (Å²) >= 11 is 0. The van der Waals surface area contributed by atoms with Crippen molar-refractivity contribution in [3.8, 4) is 11.1 Å². The standard InChI is InChI=1S/C27H30N2O5/c1-4-9-23(24(30)29-14-17(2)27(3,16-29)25(31)32)28-26(33)34-15-22-20-12-7-5-10-18(20)19-11-6-8-13-21(19)22/h4-8,10-13,17,22-23H,1,9,14-16H2,2-3H3,(H,28,33)(H,31,32)/t17-,23?,27-/m1/s1. The first-order chi connectivity index (χ1) is 16.3. The van der Waals surface area contributed by atoms with E-state index in [1.54, 1.807) is 13.0 Å². The molecule has 0 saturated carbocycles. The molecule has 4 rings (SSSR count). The molecule has 1 fully saturated rings. The number of ether oxygens (including phenoxy) is 1. The number of hydrogen-bond donors (Lipinski definition) is 2. The van der Waals surface area contributed by atoms with E-state index in [-0.39, 0.29) is 37.3 Å². The van der Waals surface area contributed by atoms with E-state index in [2.05, 4.69) is 24.0 Å². The smallest absolute Gasteiger partial charge is 0.407 e. The van der Waals surface area contributed by atoms with Gasteiger partial charge in [-0.1, -0.05) is 61.5 Å². The third kappa shape index (κ3) is 4.18. The minimum atomic E-state index is -1.02. The molecule has 1 unspecified atom stereocenters. The van der Waals surface area contributed by atoms with Crippen molar-refractivity contribution in [2.75, 3.05) is 19.7 Å². The Hall–Kier alpha value is -3.61. The van der Waals surface area contributed by atoms with E-state index in [4.69, 9.17) is 4.74 Å². The molecule has 178 valence electrons. The third-order valence-corrected chi connectivity index (χ3v) is 7.24. The molecular formula is C27H30N2O5. The number of hydrogen-bond acceptors (Lipinski definition) is 4. The summed E-state index contributed by atoms with van der Waals surface area (Å²) in [5.74, 6) is -1.54. The second kappa shape index (κ2) is 9.33. The van der Waals surface area contributed by atoms with Crippen molar-refractivity contribution in [2.24, 2.45) is 11.3 Å². The highest BCUT2D eigenvalue weighted by Crippen LogP contribution is 2.44. The van der Waals surface area contributed by atoms with Crippen LogP contribution >= 0.6 is 0 Å². The van der Waals surface area contributed by atoms with Gasteiger partial charge in [-0.05, 0) is 41.5 Å². The molecule has 0 spiro atoms. The quantitative estimate of drug-likeness (QED) is 0.606. The van der Waals surface area contributed by atoms with Gasteiger partial charge < -0.3 is 20.1 Å². The maximum absolute atomic E-state index is 13.1. The molecule has 0 aromatic heterocycles. The Bertz CT molecular complexity index is 1080. The predicted molar refractivity (Wildman–Crippen MR) is 128 cm³/mol. The molecule has 7 heteroatoms. The maximum Gasteiger partial charge on any atom is 0.407 e. The second-order valence-corrected chi connectivity index (χ2v) is 9.39.